The summed E-state index contributed by atoms with van der Waals surface area (Å²) in [6.07, 6.45) is 0. The maximum Gasteiger partial charge on any atom is 0.266 e. The second-order valence-electron chi connectivity index (χ2n) is 5.16. The molecule has 5 heteroatoms. The van der Waals surface area contributed by atoms with Gasteiger partial charge >= 0.3 is 0 Å². The van der Waals surface area contributed by atoms with Crippen LogP contribution in [0.15, 0.2) is 54.6 Å². The van der Waals surface area contributed by atoms with E-state index in [1.54, 1.807) is 0 Å². The summed E-state index contributed by atoms with van der Waals surface area (Å²) in [5.74, 6) is -0.754. The number of nitrogens with two attached hydrogens (primary N) is 1. The SMILES string of the molecule is Cc1ccccc1C(c1ccccc1)[C@H](N)CS(=O)(=O)O. The lowest BCUT2D eigenvalue weighted by Crippen LogP contribution is -2.36. The van der Waals surface area contributed by atoms with Crippen LogP contribution in [-0.4, -0.2) is 24.8 Å². The molecule has 2 rings (SSSR count). The van der Waals surface area contributed by atoms with Gasteiger partial charge in [0.2, 0.25) is 0 Å². The van der Waals surface area contributed by atoms with Crippen molar-refractivity contribution >= 4 is 10.1 Å². The van der Waals surface area contributed by atoms with E-state index in [1.165, 1.54) is 0 Å². The van der Waals surface area contributed by atoms with E-state index in [1.807, 2.05) is 61.5 Å². The van der Waals surface area contributed by atoms with Crippen LogP contribution < -0.4 is 5.73 Å². The van der Waals surface area contributed by atoms with Gasteiger partial charge in [-0.2, -0.15) is 8.42 Å². The zero-order valence-electron chi connectivity index (χ0n) is 11.8. The standard InChI is InChI=1S/C16H19NO3S/c1-12-7-5-6-10-14(12)16(13-8-3-2-4-9-13)15(17)11-21(18,19)20/h2-10,15-16H,11,17H2,1H3,(H,18,19,20)/t15-,16?/m1/s1. The van der Waals surface area contributed by atoms with Crippen molar-refractivity contribution in [2.24, 2.45) is 5.73 Å². The Kier molecular flexibility index (Phi) is 4.77. The van der Waals surface area contributed by atoms with Gasteiger partial charge in [0.05, 0.1) is 5.75 Å². The average molecular weight is 305 g/mol. The van der Waals surface area contributed by atoms with Gasteiger partial charge in [-0.25, -0.2) is 0 Å². The van der Waals surface area contributed by atoms with Crippen LogP contribution in [0.25, 0.3) is 0 Å². The highest BCUT2D eigenvalue weighted by molar-refractivity contribution is 7.85. The largest absolute Gasteiger partial charge is 0.326 e. The van der Waals surface area contributed by atoms with Crippen LogP contribution in [0.5, 0.6) is 0 Å². The lowest BCUT2D eigenvalue weighted by Gasteiger charge is -2.25. The summed E-state index contributed by atoms with van der Waals surface area (Å²) in [5.41, 5.74) is 9.04. The first kappa shape index (κ1) is 15.7. The van der Waals surface area contributed by atoms with Gasteiger partial charge in [-0.3, -0.25) is 4.55 Å². The maximum atomic E-state index is 11.2. The molecule has 2 aromatic carbocycles. The highest BCUT2D eigenvalue weighted by Crippen LogP contribution is 2.30. The first-order valence-electron chi connectivity index (χ1n) is 6.69. The predicted molar refractivity (Wildman–Crippen MR) is 83.9 cm³/mol. The Morgan fingerprint density at radius 1 is 1.05 bits per heavy atom. The molecule has 0 spiro atoms. The van der Waals surface area contributed by atoms with E-state index < -0.39 is 21.9 Å². The molecule has 0 radical (unpaired) electrons. The number of aryl methyl sites for hydroxylation is 1. The summed E-state index contributed by atoms with van der Waals surface area (Å²) in [6, 6.07) is 16.5. The Hall–Kier alpha value is -1.69. The van der Waals surface area contributed by atoms with Crippen molar-refractivity contribution in [1.82, 2.24) is 0 Å². The summed E-state index contributed by atoms with van der Waals surface area (Å²) in [5, 5.41) is 0. The average Bonchev–Trinajstić information content (AvgIpc) is 2.40. The molecule has 2 atom stereocenters. The Labute approximate surface area is 125 Å². The Bertz CT molecular complexity index is 698. The van der Waals surface area contributed by atoms with Crippen LogP contribution in [0.1, 0.15) is 22.6 Å². The molecule has 0 saturated heterocycles. The van der Waals surface area contributed by atoms with E-state index >= 15 is 0 Å². The molecule has 0 amide bonds. The lowest BCUT2D eigenvalue weighted by molar-refractivity contribution is 0.472. The molecule has 0 saturated carbocycles. The van der Waals surface area contributed by atoms with Crippen molar-refractivity contribution in [1.29, 1.82) is 0 Å². The number of rotatable bonds is 5. The molecule has 0 aliphatic heterocycles. The van der Waals surface area contributed by atoms with Crippen LogP contribution in [0, 0.1) is 6.92 Å². The zero-order chi connectivity index (χ0) is 15.5. The molecule has 4 nitrogen and oxygen atoms in total. The van der Waals surface area contributed by atoms with E-state index in [4.69, 9.17) is 10.3 Å². The fourth-order valence-corrected chi connectivity index (χ4v) is 3.27. The minimum absolute atomic E-state index is 0.283. The minimum atomic E-state index is -4.12. The third-order valence-electron chi connectivity index (χ3n) is 3.51. The van der Waals surface area contributed by atoms with Crippen molar-refractivity contribution in [3.8, 4) is 0 Å². The monoisotopic (exact) mass is 305 g/mol. The molecule has 2 aromatic rings. The van der Waals surface area contributed by atoms with Gasteiger partial charge in [-0.05, 0) is 23.6 Å². The first-order valence-corrected chi connectivity index (χ1v) is 8.30. The van der Waals surface area contributed by atoms with Gasteiger partial charge in [-0.15, -0.1) is 0 Å². The molecule has 3 N–H and O–H groups in total. The fraction of sp³-hybridized carbons (Fsp3) is 0.250. The molecule has 0 fully saturated rings. The van der Waals surface area contributed by atoms with Crippen LogP contribution >= 0.6 is 0 Å². The summed E-state index contributed by atoms with van der Waals surface area (Å²) >= 11 is 0. The van der Waals surface area contributed by atoms with E-state index in [0.29, 0.717) is 0 Å². The molecule has 112 valence electrons. The number of benzene rings is 2. The molecule has 0 bridgehead atoms. The number of hydrogen-bond acceptors (Lipinski definition) is 3. The van der Waals surface area contributed by atoms with Gasteiger partial charge in [-0.1, -0.05) is 54.6 Å². The van der Waals surface area contributed by atoms with Gasteiger partial charge in [0, 0.05) is 12.0 Å². The van der Waals surface area contributed by atoms with Gasteiger partial charge in [0.15, 0.2) is 0 Å². The lowest BCUT2D eigenvalue weighted by atomic mass is 9.84. The van der Waals surface area contributed by atoms with Gasteiger partial charge in [0.25, 0.3) is 10.1 Å². The molecular weight excluding hydrogens is 286 g/mol. The van der Waals surface area contributed by atoms with Crippen LogP contribution in [-0.2, 0) is 10.1 Å². The van der Waals surface area contributed by atoms with Crippen molar-refractivity contribution in [2.75, 3.05) is 5.75 Å². The van der Waals surface area contributed by atoms with E-state index in [9.17, 15) is 8.42 Å². The smallest absolute Gasteiger partial charge is 0.266 e. The summed E-state index contributed by atoms with van der Waals surface area (Å²) in [7, 11) is -4.12. The highest BCUT2D eigenvalue weighted by atomic mass is 32.2. The fourth-order valence-electron chi connectivity index (χ4n) is 2.59. The quantitative estimate of drug-likeness (QED) is 0.831. The van der Waals surface area contributed by atoms with Crippen LogP contribution in [0.4, 0.5) is 0 Å². The Balaban J connectivity index is 2.48. The molecule has 1 unspecified atom stereocenters. The maximum absolute atomic E-state index is 11.2. The van der Waals surface area contributed by atoms with Crippen LogP contribution in [0.2, 0.25) is 0 Å². The van der Waals surface area contributed by atoms with E-state index in [0.717, 1.165) is 16.7 Å². The molecule has 0 aliphatic rings. The van der Waals surface area contributed by atoms with Crippen molar-refractivity contribution in [2.45, 2.75) is 18.9 Å². The number of hydrogen-bond donors (Lipinski definition) is 2. The topological polar surface area (TPSA) is 80.4 Å². The summed E-state index contributed by atoms with van der Waals surface area (Å²) in [6.45, 7) is 1.96. The van der Waals surface area contributed by atoms with Crippen LogP contribution in [0.3, 0.4) is 0 Å². The highest BCUT2D eigenvalue weighted by Gasteiger charge is 2.26. The Morgan fingerprint density at radius 2 is 1.62 bits per heavy atom. The van der Waals surface area contributed by atoms with E-state index in [2.05, 4.69) is 0 Å². The second kappa shape index (κ2) is 6.39. The summed E-state index contributed by atoms with van der Waals surface area (Å²) < 4.78 is 31.4. The van der Waals surface area contributed by atoms with Crippen molar-refractivity contribution in [3.63, 3.8) is 0 Å². The van der Waals surface area contributed by atoms with Gasteiger partial charge in [0.1, 0.15) is 0 Å². The molecule has 0 aliphatic carbocycles. The molecule has 0 heterocycles. The Morgan fingerprint density at radius 3 is 2.19 bits per heavy atom. The predicted octanol–water partition coefficient (Wildman–Crippen LogP) is 2.34. The molecule has 0 aromatic heterocycles. The third-order valence-corrected chi connectivity index (χ3v) is 4.32. The van der Waals surface area contributed by atoms with Gasteiger partial charge < -0.3 is 5.73 Å². The molecular formula is C16H19NO3S. The first-order chi connectivity index (χ1) is 9.88. The van der Waals surface area contributed by atoms with Crippen molar-refractivity contribution < 1.29 is 13.0 Å². The summed E-state index contributed by atoms with van der Waals surface area (Å²) in [4.78, 5) is 0. The van der Waals surface area contributed by atoms with Crippen molar-refractivity contribution in [3.05, 3.63) is 71.3 Å². The molecule has 21 heavy (non-hydrogen) atoms. The third kappa shape index (κ3) is 4.14. The minimum Gasteiger partial charge on any atom is -0.326 e. The normalized spacial score (nSPS) is 14.6. The zero-order valence-corrected chi connectivity index (χ0v) is 12.6. The van der Waals surface area contributed by atoms with E-state index in [-0.39, 0.29) is 5.92 Å². The second-order valence-corrected chi connectivity index (χ2v) is 6.65.